The fourth-order valence-electron chi connectivity index (χ4n) is 4.53. The van der Waals surface area contributed by atoms with Gasteiger partial charge in [0.2, 0.25) is 5.91 Å². The molecule has 2 saturated heterocycles. The van der Waals surface area contributed by atoms with Gasteiger partial charge in [0.05, 0.1) is 17.4 Å². The zero-order valence-electron chi connectivity index (χ0n) is 17.2. The Morgan fingerprint density at radius 3 is 2.23 bits per heavy atom. The SMILES string of the molecule is Cc1ccc([C@H]2[C@@H]3C(=O)N(c4ccc(Cl)cc4)C(=O)[C@H]3ON2c2ccccc2)c(C)c1. The number of hydroxylamine groups is 1. The first kappa shape index (κ1) is 19.8. The summed E-state index contributed by atoms with van der Waals surface area (Å²) in [5, 5.41) is 2.27. The maximum absolute atomic E-state index is 13.6. The summed E-state index contributed by atoms with van der Waals surface area (Å²) in [6.07, 6.45) is -0.880. The quantitative estimate of drug-likeness (QED) is 0.546. The van der Waals surface area contributed by atoms with Crippen LogP contribution in [0, 0.1) is 19.8 Å². The molecule has 0 aromatic heterocycles. The van der Waals surface area contributed by atoms with E-state index in [9.17, 15) is 9.59 Å². The van der Waals surface area contributed by atoms with Crippen molar-refractivity contribution in [3.8, 4) is 0 Å². The number of nitrogens with zero attached hydrogens (tertiary/aromatic N) is 2. The van der Waals surface area contributed by atoms with Crippen LogP contribution in [0.15, 0.2) is 72.8 Å². The second-order valence-corrected chi connectivity index (χ2v) is 8.44. The minimum absolute atomic E-state index is 0.263. The standard InChI is InChI=1S/C25H21ClN2O3/c1-15-8-13-20(16(2)14-15)22-21-23(31-28(22)19-6-4-3-5-7-19)25(30)27(24(21)29)18-11-9-17(26)10-12-18/h3-14,21-23H,1-2H3/t21-,22-,23-/m0/s1. The molecule has 2 fully saturated rings. The van der Waals surface area contributed by atoms with Crippen LogP contribution in [0.4, 0.5) is 11.4 Å². The molecule has 5 rings (SSSR count). The molecule has 5 nitrogen and oxygen atoms in total. The van der Waals surface area contributed by atoms with E-state index in [4.69, 9.17) is 16.4 Å². The van der Waals surface area contributed by atoms with Crippen molar-refractivity contribution in [1.82, 2.24) is 0 Å². The molecule has 3 aromatic carbocycles. The number of aryl methyl sites for hydroxylation is 2. The van der Waals surface area contributed by atoms with E-state index in [1.165, 1.54) is 4.90 Å². The number of anilines is 2. The highest BCUT2D eigenvalue weighted by Gasteiger charge is 2.60. The number of para-hydroxylation sites is 1. The average Bonchev–Trinajstić information content (AvgIpc) is 3.26. The normalized spacial score (nSPS) is 22.9. The Hall–Kier alpha value is -3.15. The topological polar surface area (TPSA) is 49.9 Å². The number of carbonyl (C=O) groups excluding carboxylic acids is 2. The van der Waals surface area contributed by atoms with Crippen LogP contribution in [0.25, 0.3) is 0 Å². The van der Waals surface area contributed by atoms with Gasteiger partial charge in [-0.2, -0.15) is 0 Å². The Bertz CT molecular complexity index is 1160. The number of carbonyl (C=O) groups is 2. The van der Waals surface area contributed by atoms with Gasteiger partial charge in [-0.25, -0.2) is 9.96 Å². The maximum atomic E-state index is 13.6. The van der Waals surface area contributed by atoms with Crippen LogP contribution in [-0.2, 0) is 14.4 Å². The first-order valence-corrected chi connectivity index (χ1v) is 10.5. The molecule has 2 aliphatic rings. The van der Waals surface area contributed by atoms with E-state index >= 15 is 0 Å². The van der Waals surface area contributed by atoms with E-state index < -0.39 is 18.1 Å². The van der Waals surface area contributed by atoms with E-state index in [-0.39, 0.29) is 11.8 Å². The molecule has 2 amide bonds. The second-order valence-electron chi connectivity index (χ2n) is 8.01. The Morgan fingerprint density at radius 2 is 1.55 bits per heavy atom. The third-order valence-corrected chi connectivity index (χ3v) is 6.21. The van der Waals surface area contributed by atoms with Gasteiger partial charge in [-0.3, -0.25) is 14.4 Å². The lowest BCUT2D eigenvalue weighted by atomic mass is 9.87. The minimum Gasteiger partial charge on any atom is -0.273 e. The molecule has 3 atom stereocenters. The lowest BCUT2D eigenvalue weighted by molar-refractivity contribution is -0.126. The van der Waals surface area contributed by atoms with E-state index in [2.05, 4.69) is 6.07 Å². The minimum atomic E-state index is -0.880. The number of hydrogen-bond donors (Lipinski definition) is 0. The molecule has 0 spiro atoms. The lowest BCUT2D eigenvalue weighted by Gasteiger charge is -2.29. The van der Waals surface area contributed by atoms with Crippen molar-refractivity contribution in [2.45, 2.75) is 26.0 Å². The van der Waals surface area contributed by atoms with Crippen LogP contribution in [0.3, 0.4) is 0 Å². The summed E-state index contributed by atoms with van der Waals surface area (Å²) in [5.74, 6) is -1.27. The summed E-state index contributed by atoms with van der Waals surface area (Å²) in [6, 6.07) is 22.0. The molecule has 2 heterocycles. The van der Waals surface area contributed by atoms with Gasteiger partial charge in [-0.15, -0.1) is 0 Å². The molecule has 156 valence electrons. The number of benzene rings is 3. The van der Waals surface area contributed by atoms with Gasteiger partial charge in [-0.05, 0) is 61.4 Å². The van der Waals surface area contributed by atoms with Crippen LogP contribution in [-0.4, -0.2) is 17.9 Å². The highest BCUT2D eigenvalue weighted by Crippen LogP contribution is 2.48. The predicted octanol–water partition coefficient (Wildman–Crippen LogP) is 5.01. The van der Waals surface area contributed by atoms with Crippen molar-refractivity contribution in [2.24, 2.45) is 5.92 Å². The maximum Gasteiger partial charge on any atom is 0.266 e. The van der Waals surface area contributed by atoms with Crippen molar-refractivity contribution in [2.75, 3.05) is 9.96 Å². The molecule has 6 heteroatoms. The Kier molecular flexibility index (Phi) is 4.80. The van der Waals surface area contributed by atoms with E-state index in [0.29, 0.717) is 10.7 Å². The monoisotopic (exact) mass is 432 g/mol. The summed E-state index contributed by atoms with van der Waals surface area (Å²) in [6.45, 7) is 4.06. The van der Waals surface area contributed by atoms with Crippen molar-refractivity contribution in [3.63, 3.8) is 0 Å². The van der Waals surface area contributed by atoms with Gasteiger partial charge in [0.15, 0.2) is 6.10 Å². The molecule has 3 aromatic rings. The number of imide groups is 1. The molecule has 2 aliphatic heterocycles. The summed E-state index contributed by atoms with van der Waals surface area (Å²) in [7, 11) is 0. The van der Waals surface area contributed by atoms with E-state index in [0.717, 1.165) is 22.4 Å². The van der Waals surface area contributed by atoms with Crippen molar-refractivity contribution < 1.29 is 14.4 Å². The molecule has 0 N–H and O–H groups in total. The van der Waals surface area contributed by atoms with Gasteiger partial charge >= 0.3 is 0 Å². The van der Waals surface area contributed by atoms with Crippen molar-refractivity contribution >= 4 is 34.8 Å². The number of hydrogen-bond acceptors (Lipinski definition) is 4. The number of fused-ring (bicyclic) bond motifs is 1. The Morgan fingerprint density at radius 1 is 0.839 bits per heavy atom. The van der Waals surface area contributed by atoms with Gasteiger partial charge in [0.1, 0.15) is 5.92 Å². The third-order valence-electron chi connectivity index (χ3n) is 5.95. The first-order valence-electron chi connectivity index (χ1n) is 10.2. The lowest BCUT2D eigenvalue weighted by Crippen LogP contribution is -2.37. The second kappa shape index (κ2) is 7.52. The summed E-state index contributed by atoms with van der Waals surface area (Å²) in [4.78, 5) is 34.3. The molecular weight excluding hydrogens is 412 g/mol. The molecular formula is C25H21ClN2O3. The highest BCUT2D eigenvalue weighted by atomic mass is 35.5. The number of halogens is 1. The summed E-state index contributed by atoms with van der Waals surface area (Å²) in [5.41, 5.74) is 4.48. The zero-order chi connectivity index (χ0) is 21.7. The van der Waals surface area contributed by atoms with Gasteiger partial charge in [0.25, 0.3) is 5.91 Å². The van der Waals surface area contributed by atoms with Gasteiger partial charge in [0, 0.05) is 5.02 Å². The zero-order valence-corrected chi connectivity index (χ0v) is 17.9. The van der Waals surface area contributed by atoms with Crippen LogP contribution < -0.4 is 9.96 Å². The number of amides is 2. The van der Waals surface area contributed by atoms with Crippen LogP contribution >= 0.6 is 11.6 Å². The first-order chi connectivity index (χ1) is 15.0. The smallest absolute Gasteiger partial charge is 0.266 e. The average molecular weight is 433 g/mol. The van der Waals surface area contributed by atoms with Crippen LogP contribution in [0.1, 0.15) is 22.7 Å². The fraction of sp³-hybridized carbons (Fsp3) is 0.200. The molecule has 0 aliphatic carbocycles. The highest BCUT2D eigenvalue weighted by molar-refractivity contribution is 6.31. The molecule has 31 heavy (non-hydrogen) atoms. The molecule has 0 unspecified atom stereocenters. The fourth-order valence-corrected chi connectivity index (χ4v) is 4.66. The molecule has 0 saturated carbocycles. The van der Waals surface area contributed by atoms with Crippen LogP contribution in [0.5, 0.6) is 0 Å². The molecule has 0 bridgehead atoms. The van der Waals surface area contributed by atoms with Gasteiger partial charge in [-0.1, -0.05) is 53.6 Å². The predicted molar refractivity (Wildman–Crippen MR) is 120 cm³/mol. The van der Waals surface area contributed by atoms with E-state index in [1.807, 2.05) is 56.3 Å². The number of rotatable bonds is 3. The largest absolute Gasteiger partial charge is 0.273 e. The van der Waals surface area contributed by atoms with Crippen molar-refractivity contribution in [1.29, 1.82) is 0 Å². The summed E-state index contributed by atoms with van der Waals surface area (Å²) < 4.78 is 0. The van der Waals surface area contributed by atoms with Crippen LogP contribution in [0.2, 0.25) is 5.02 Å². The Balaban J connectivity index is 1.61. The third kappa shape index (κ3) is 3.21. The van der Waals surface area contributed by atoms with E-state index in [1.54, 1.807) is 29.3 Å². The molecule has 0 radical (unpaired) electrons. The Labute approximate surface area is 185 Å². The van der Waals surface area contributed by atoms with Gasteiger partial charge < -0.3 is 0 Å². The summed E-state index contributed by atoms with van der Waals surface area (Å²) >= 11 is 5.99. The van der Waals surface area contributed by atoms with Crippen molar-refractivity contribution in [3.05, 3.63) is 94.5 Å².